The molecule has 1 aromatic heterocycles. The molecule has 10 heteroatoms. The number of aliphatic carboxylic acids is 1. The Kier molecular flexibility index (Phi) is 6.55. The van der Waals surface area contributed by atoms with Gasteiger partial charge in [-0.05, 0) is 23.6 Å². The molecule has 0 bridgehead atoms. The molecule has 1 aromatic carbocycles. The number of sulfonamides is 1. The number of methoxy groups -OCH3 is 1. The molecular formula is C17H23N3O6S. The van der Waals surface area contributed by atoms with Crippen LogP contribution >= 0.6 is 0 Å². The van der Waals surface area contributed by atoms with Gasteiger partial charge in [-0.3, -0.25) is 4.79 Å². The van der Waals surface area contributed by atoms with Crippen molar-refractivity contribution in [1.29, 1.82) is 0 Å². The Hall–Kier alpha value is -2.46. The van der Waals surface area contributed by atoms with Gasteiger partial charge in [0.2, 0.25) is 15.9 Å². The van der Waals surface area contributed by atoms with Crippen LogP contribution in [0.25, 0.3) is 0 Å². The number of hydrogen-bond donors (Lipinski definition) is 1. The van der Waals surface area contributed by atoms with Crippen molar-refractivity contribution < 1.29 is 27.6 Å². The van der Waals surface area contributed by atoms with Crippen LogP contribution in [-0.2, 0) is 34.2 Å². The highest BCUT2D eigenvalue weighted by Gasteiger charge is 2.27. The first-order chi connectivity index (χ1) is 12.6. The Labute approximate surface area is 158 Å². The van der Waals surface area contributed by atoms with E-state index in [1.54, 1.807) is 0 Å². The van der Waals surface area contributed by atoms with Crippen molar-refractivity contribution in [2.75, 3.05) is 14.2 Å². The van der Waals surface area contributed by atoms with Crippen LogP contribution in [0.4, 0.5) is 0 Å². The number of hydrogen-bond acceptors (Lipinski definition) is 7. The highest BCUT2D eigenvalue weighted by Crippen LogP contribution is 2.28. The van der Waals surface area contributed by atoms with E-state index in [0.29, 0.717) is 23.8 Å². The molecule has 0 atom stereocenters. The standard InChI is InChI=1S/C17H23N3O6S/c1-11(2)7-16-18-15(19-26-16)10-20(3)27(23,24)14-8-12(9-17(21)22)5-6-13(14)25-4/h5-6,8,11H,7,9-10H2,1-4H3,(H,21,22). The van der Waals surface area contributed by atoms with E-state index in [4.69, 9.17) is 14.4 Å². The predicted molar refractivity (Wildman–Crippen MR) is 95.8 cm³/mol. The third-order valence-electron chi connectivity index (χ3n) is 3.73. The molecule has 0 unspecified atom stereocenters. The summed E-state index contributed by atoms with van der Waals surface area (Å²) in [6.45, 7) is 3.93. The monoisotopic (exact) mass is 397 g/mol. The summed E-state index contributed by atoms with van der Waals surface area (Å²) in [4.78, 5) is 15.0. The maximum atomic E-state index is 13.0. The van der Waals surface area contributed by atoms with Gasteiger partial charge < -0.3 is 14.4 Å². The van der Waals surface area contributed by atoms with E-state index in [1.807, 2.05) is 13.8 Å². The van der Waals surface area contributed by atoms with Gasteiger partial charge >= 0.3 is 5.97 Å². The Balaban J connectivity index is 2.28. The van der Waals surface area contributed by atoms with Crippen LogP contribution in [0, 0.1) is 5.92 Å². The van der Waals surface area contributed by atoms with Gasteiger partial charge in [0.15, 0.2) is 5.82 Å². The molecule has 1 heterocycles. The summed E-state index contributed by atoms with van der Waals surface area (Å²) in [5.41, 5.74) is 0.356. The lowest BCUT2D eigenvalue weighted by atomic mass is 10.1. The van der Waals surface area contributed by atoms with Crippen LogP contribution in [0.3, 0.4) is 0 Å². The van der Waals surface area contributed by atoms with Gasteiger partial charge in [0.25, 0.3) is 0 Å². The fraction of sp³-hybridized carbons (Fsp3) is 0.471. The van der Waals surface area contributed by atoms with E-state index in [0.717, 1.165) is 4.31 Å². The SMILES string of the molecule is COc1ccc(CC(=O)O)cc1S(=O)(=O)N(C)Cc1noc(CC(C)C)n1. The molecule has 0 radical (unpaired) electrons. The number of benzene rings is 1. The molecule has 0 amide bonds. The van der Waals surface area contributed by atoms with Crippen LogP contribution in [0.2, 0.25) is 0 Å². The minimum Gasteiger partial charge on any atom is -0.495 e. The number of ether oxygens (including phenoxy) is 1. The second kappa shape index (κ2) is 8.49. The highest BCUT2D eigenvalue weighted by molar-refractivity contribution is 7.89. The summed E-state index contributed by atoms with van der Waals surface area (Å²) < 4.78 is 37.2. The predicted octanol–water partition coefficient (Wildman–Crippen LogP) is 1.72. The fourth-order valence-corrected chi connectivity index (χ4v) is 3.77. The molecule has 2 rings (SSSR count). The molecule has 27 heavy (non-hydrogen) atoms. The zero-order chi connectivity index (χ0) is 20.2. The number of rotatable bonds is 9. The fourth-order valence-electron chi connectivity index (χ4n) is 2.45. The Morgan fingerprint density at radius 3 is 2.67 bits per heavy atom. The maximum Gasteiger partial charge on any atom is 0.307 e. The number of carbonyl (C=O) groups is 1. The summed E-state index contributed by atoms with van der Waals surface area (Å²) in [6.07, 6.45) is 0.314. The molecule has 0 saturated carbocycles. The first-order valence-electron chi connectivity index (χ1n) is 8.30. The van der Waals surface area contributed by atoms with Crippen LogP contribution in [0.5, 0.6) is 5.75 Å². The molecule has 2 aromatic rings. The van der Waals surface area contributed by atoms with E-state index in [1.165, 1.54) is 32.4 Å². The minimum absolute atomic E-state index is 0.0871. The van der Waals surface area contributed by atoms with Gasteiger partial charge in [-0.2, -0.15) is 9.29 Å². The Bertz CT molecular complexity index is 907. The highest BCUT2D eigenvalue weighted by atomic mass is 32.2. The van der Waals surface area contributed by atoms with Gasteiger partial charge in [0.1, 0.15) is 10.6 Å². The number of aromatic nitrogens is 2. The van der Waals surface area contributed by atoms with Crippen molar-refractivity contribution in [3.05, 3.63) is 35.5 Å². The molecule has 0 fully saturated rings. The average molecular weight is 397 g/mol. The molecular weight excluding hydrogens is 374 g/mol. The van der Waals surface area contributed by atoms with Crippen LogP contribution in [0.15, 0.2) is 27.6 Å². The molecule has 9 nitrogen and oxygen atoms in total. The first-order valence-corrected chi connectivity index (χ1v) is 9.74. The zero-order valence-electron chi connectivity index (χ0n) is 15.7. The van der Waals surface area contributed by atoms with Gasteiger partial charge in [-0.1, -0.05) is 25.1 Å². The van der Waals surface area contributed by atoms with E-state index in [-0.39, 0.29) is 29.4 Å². The average Bonchev–Trinajstić information content (AvgIpc) is 3.00. The Morgan fingerprint density at radius 1 is 1.37 bits per heavy atom. The van der Waals surface area contributed by atoms with E-state index in [2.05, 4.69) is 10.1 Å². The molecule has 1 N–H and O–H groups in total. The van der Waals surface area contributed by atoms with Crippen LogP contribution in [0.1, 0.15) is 31.1 Å². The van der Waals surface area contributed by atoms with Crippen LogP contribution < -0.4 is 4.74 Å². The van der Waals surface area contributed by atoms with Gasteiger partial charge in [-0.15, -0.1) is 0 Å². The molecule has 0 aliphatic rings. The molecule has 0 aliphatic heterocycles. The largest absolute Gasteiger partial charge is 0.495 e. The third kappa shape index (κ3) is 5.27. The van der Waals surface area contributed by atoms with Crippen molar-refractivity contribution in [2.45, 2.75) is 38.1 Å². The van der Waals surface area contributed by atoms with Gasteiger partial charge in [-0.25, -0.2) is 8.42 Å². The quantitative estimate of drug-likeness (QED) is 0.678. The van der Waals surface area contributed by atoms with Crippen molar-refractivity contribution >= 4 is 16.0 Å². The lowest BCUT2D eigenvalue weighted by Gasteiger charge is -2.18. The molecule has 148 valence electrons. The van der Waals surface area contributed by atoms with E-state index < -0.39 is 16.0 Å². The minimum atomic E-state index is -3.96. The smallest absolute Gasteiger partial charge is 0.307 e. The second-order valence-corrected chi connectivity index (χ2v) is 8.53. The normalized spacial score (nSPS) is 11.9. The molecule has 0 saturated heterocycles. The molecule has 0 spiro atoms. The lowest BCUT2D eigenvalue weighted by Crippen LogP contribution is -2.27. The Morgan fingerprint density at radius 2 is 2.07 bits per heavy atom. The lowest BCUT2D eigenvalue weighted by molar-refractivity contribution is -0.136. The van der Waals surface area contributed by atoms with E-state index >= 15 is 0 Å². The second-order valence-electron chi connectivity index (χ2n) is 6.52. The third-order valence-corrected chi connectivity index (χ3v) is 5.55. The van der Waals surface area contributed by atoms with Crippen molar-refractivity contribution in [3.63, 3.8) is 0 Å². The van der Waals surface area contributed by atoms with Crippen molar-refractivity contribution in [3.8, 4) is 5.75 Å². The van der Waals surface area contributed by atoms with Crippen molar-refractivity contribution in [1.82, 2.24) is 14.4 Å². The van der Waals surface area contributed by atoms with Gasteiger partial charge in [0.05, 0.1) is 20.1 Å². The van der Waals surface area contributed by atoms with Gasteiger partial charge in [0, 0.05) is 13.5 Å². The molecule has 0 aliphatic carbocycles. The van der Waals surface area contributed by atoms with E-state index in [9.17, 15) is 13.2 Å². The summed E-state index contributed by atoms with van der Waals surface area (Å²) in [5, 5.41) is 12.8. The topological polar surface area (TPSA) is 123 Å². The zero-order valence-corrected chi connectivity index (χ0v) is 16.5. The number of carboxylic acid groups (broad SMARTS) is 1. The summed E-state index contributed by atoms with van der Waals surface area (Å²) in [6, 6.07) is 4.26. The summed E-state index contributed by atoms with van der Waals surface area (Å²) in [5.74, 6) is 0.108. The van der Waals surface area contributed by atoms with Crippen LogP contribution in [-0.4, -0.2) is 48.1 Å². The maximum absolute atomic E-state index is 13.0. The van der Waals surface area contributed by atoms with Crippen molar-refractivity contribution in [2.24, 2.45) is 5.92 Å². The first kappa shape index (κ1) is 20.8. The number of nitrogens with zero attached hydrogens (tertiary/aromatic N) is 3. The number of carboxylic acids is 1. The summed E-state index contributed by atoms with van der Waals surface area (Å²) >= 11 is 0. The summed E-state index contributed by atoms with van der Waals surface area (Å²) in [7, 11) is -1.22.